The monoisotopic (exact) mass is 791 g/mol. The lowest BCUT2D eigenvalue weighted by Gasteiger charge is -2.38. The Labute approximate surface area is 330 Å². The van der Waals surface area contributed by atoms with Crippen molar-refractivity contribution >= 4 is 46.1 Å². The van der Waals surface area contributed by atoms with Gasteiger partial charge < -0.3 is 25.4 Å². The highest BCUT2D eigenvalue weighted by atomic mass is 19.3. The molecule has 57 heavy (non-hydrogen) atoms. The van der Waals surface area contributed by atoms with E-state index in [1.54, 1.807) is 26.0 Å². The molecule has 15 heteroatoms. The second-order valence-corrected chi connectivity index (χ2v) is 15.5. The lowest BCUT2D eigenvalue weighted by Crippen LogP contribution is -2.57. The minimum atomic E-state index is -3.19. The molecule has 0 fully saturated rings. The Hall–Kier alpha value is -5.34. The first kappa shape index (κ1) is 42.8. The van der Waals surface area contributed by atoms with Crippen molar-refractivity contribution in [3.05, 3.63) is 76.6 Å². The summed E-state index contributed by atoms with van der Waals surface area (Å²) >= 11 is 0. The van der Waals surface area contributed by atoms with E-state index in [0.29, 0.717) is 35.9 Å². The number of ketones is 1. The third-order valence-corrected chi connectivity index (χ3v) is 11.6. The summed E-state index contributed by atoms with van der Waals surface area (Å²) in [6.45, 7) is 11.7. The summed E-state index contributed by atoms with van der Waals surface area (Å²) in [7, 11) is 0. The predicted molar refractivity (Wildman–Crippen MR) is 209 cm³/mol. The number of aromatic nitrogens is 3. The van der Waals surface area contributed by atoms with E-state index in [9.17, 15) is 33.0 Å². The third kappa shape index (κ3) is 8.97. The van der Waals surface area contributed by atoms with Crippen LogP contribution in [0.2, 0.25) is 0 Å². The summed E-state index contributed by atoms with van der Waals surface area (Å²) in [6.07, 6.45) is 1.08. The number of nitrogens with zero attached hydrogens (tertiary/aromatic N) is 2. The molecule has 5 N–H and O–H groups in total. The van der Waals surface area contributed by atoms with Crippen molar-refractivity contribution in [2.75, 3.05) is 5.32 Å². The number of fused-ring (bicyclic) bond motifs is 3. The van der Waals surface area contributed by atoms with Gasteiger partial charge in [0.25, 0.3) is 5.92 Å². The molecule has 3 unspecified atom stereocenters. The van der Waals surface area contributed by atoms with E-state index in [2.05, 4.69) is 31.1 Å². The Balaban J connectivity index is 1.56. The van der Waals surface area contributed by atoms with Gasteiger partial charge in [0.15, 0.2) is 5.78 Å². The summed E-state index contributed by atoms with van der Waals surface area (Å²) in [5.74, 6) is -7.32. The smallest absolute Gasteiger partial charge is 0.322 e. The molecule has 1 aliphatic rings. The van der Waals surface area contributed by atoms with Crippen LogP contribution in [0.15, 0.2) is 46.9 Å². The molecule has 0 saturated carbocycles. The summed E-state index contributed by atoms with van der Waals surface area (Å²) in [6, 6.07) is 8.00. The number of carbonyl (C=O) groups excluding carboxylic acids is 4. The van der Waals surface area contributed by atoms with Crippen LogP contribution in [0, 0.1) is 34.4 Å². The van der Waals surface area contributed by atoms with Gasteiger partial charge in [-0.1, -0.05) is 95.9 Å². The van der Waals surface area contributed by atoms with Gasteiger partial charge in [-0.25, -0.2) is 13.2 Å². The van der Waals surface area contributed by atoms with Crippen molar-refractivity contribution < 1.29 is 36.8 Å². The predicted octanol–water partition coefficient (Wildman–Crippen LogP) is 7.53. The number of nitrogens with one attached hydrogen (secondary N) is 5. The molecule has 6 atom stereocenters. The molecule has 12 nitrogen and oxygen atoms in total. The standard InChI is InChI=1S/C42H52F3N7O5/c1-8-22(4)32(48-31(53)20-25-14-11-12-17-29(25)43)35(54)36(46)42(19-18-30-27(21-42)26-15-13-16-28(34(26)47-30)41(7,44)45)39(56)49-33(23(5)9-2)38-51-52-40(57-38)50-37(55)24(6)10-3/h11-17,22-24,32-33,46-47H,8-10,18-21H2,1-7H3,(H,48,53)(H,49,56)(H,50,52,55)/t22?,23?,24?,32-,33-,42+/m0/s1. The minimum Gasteiger partial charge on any atom is -0.406 e. The van der Waals surface area contributed by atoms with Gasteiger partial charge in [-0.15, -0.1) is 5.10 Å². The number of para-hydroxylation sites is 1. The maximum absolute atomic E-state index is 15.0. The number of carbonyl (C=O) groups is 4. The van der Waals surface area contributed by atoms with Crippen molar-refractivity contribution in [3.63, 3.8) is 0 Å². The topological polar surface area (TPSA) is 183 Å². The lowest BCUT2D eigenvalue weighted by atomic mass is 9.66. The first-order valence-corrected chi connectivity index (χ1v) is 19.6. The Kier molecular flexibility index (Phi) is 13.1. The largest absolute Gasteiger partial charge is 0.406 e. The van der Waals surface area contributed by atoms with Crippen LogP contribution < -0.4 is 16.0 Å². The molecule has 1 aliphatic carbocycles. The number of H-pyrrole nitrogens is 1. The van der Waals surface area contributed by atoms with Crippen molar-refractivity contribution in [1.29, 1.82) is 5.41 Å². The van der Waals surface area contributed by atoms with Crippen LogP contribution in [0.1, 0.15) is 108 Å². The number of halogens is 3. The minimum absolute atomic E-state index is 0.00135. The van der Waals surface area contributed by atoms with Crippen molar-refractivity contribution in [2.45, 2.75) is 111 Å². The summed E-state index contributed by atoms with van der Waals surface area (Å²) < 4.78 is 50.0. The zero-order chi connectivity index (χ0) is 41.8. The zero-order valence-corrected chi connectivity index (χ0v) is 33.4. The molecule has 2 heterocycles. The number of benzene rings is 2. The third-order valence-electron chi connectivity index (χ3n) is 11.6. The second kappa shape index (κ2) is 17.4. The quantitative estimate of drug-likeness (QED) is 0.0685. The van der Waals surface area contributed by atoms with Gasteiger partial charge in [-0.3, -0.25) is 24.5 Å². The molecule has 0 saturated heterocycles. The van der Waals surface area contributed by atoms with Gasteiger partial charge >= 0.3 is 6.01 Å². The highest BCUT2D eigenvalue weighted by Gasteiger charge is 2.51. The zero-order valence-electron chi connectivity index (χ0n) is 33.4. The molecule has 306 valence electrons. The Bertz CT molecular complexity index is 2140. The number of alkyl halides is 2. The van der Waals surface area contributed by atoms with Crippen LogP contribution in [0.3, 0.4) is 0 Å². The maximum Gasteiger partial charge on any atom is 0.322 e. The number of hydrogen-bond donors (Lipinski definition) is 5. The van der Waals surface area contributed by atoms with E-state index in [1.807, 2.05) is 27.7 Å². The van der Waals surface area contributed by atoms with E-state index in [1.165, 1.54) is 30.3 Å². The molecule has 2 aromatic heterocycles. The summed E-state index contributed by atoms with van der Waals surface area (Å²) in [4.78, 5) is 58.7. The van der Waals surface area contributed by atoms with Crippen LogP contribution in [-0.2, 0) is 44.4 Å². The van der Waals surface area contributed by atoms with Gasteiger partial charge in [0.2, 0.25) is 23.6 Å². The number of hydrogen-bond acceptors (Lipinski definition) is 8. The van der Waals surface area contributed by atoms with Crippen LogP contribution in [0.25, 0.3) is 10.9 Å². The highest BCUT2D eigenvalue weighted by Crippen LogP contribution is 2.44. The Morgan fingerprint density at radius 2 is 1.67 bits per heavy atom. The molecular weight excluding hydrogens is 740 g/mol. The highest BCUT2D eigenvalue weighted by molar-refractivity contribution is 6.46. The number of aryl methyl sites for hydroxylation is 1. The van der Waals surface area contributed by atoms with Gasteiger partial charge in [0.05, 0.1) is 29.1 Å². The summed E-state index contributed by atoms with van der Waals surface area (Å²) in [5.41, 5.74) is -1.17. The van der Waals surface area contributed by atoms with Crippen LogP contribution in [-0.4, -0.2) is 50.4 Å². The first-order valence-electron chi connectivity index (χ1n) is 19.6. The number of rotatable bonds is 17. The van der Waals surface area contributed by atoms with E-state index in [0.717, 1.165) is 6.92 Å². The van der Waals surface area contributed by atoms with Crippen molar-refractivity contribution in [3.8, 4) is 0 Å². The summed E-state index contributed by atoms with van der Waals surface area (Å²) in [5, 5.41) is 26.5. The number of amides is 3. The number of aromatic amines is 1. The Morgan fingerprint density at radius 1 is 0.965 bits per heavy atom. The van der Waals surface area contributed by atoms with Gasteiger partial charge in [0, 0.05) is 29.5 Å². The van der Waals surface area contributed by atoms with Crippen LogP contribution in [0.5, 0.6) is 0 Å². The van der Waals surface area contributed by atoms with Crippen molar-refractivity contribution in [1.82, 2.24) is 25.8 Å². The molecule has 0 spiro atoms. The lowest BCUT2D eigenvalue weighted by molar-refractivity contribution is -0.131. The molecule has 0 aliphatic heterocycles. The SMILES string of the molecule is CCC(C)C(=O)Nc1nnc([C@@H](NC(=O)[C@]2(C(=N)C(=O)[C@@H](NC(=O)Cc3ccccc3F)C(C)CC)CCc3[nH]c4c(C(C)(F)F)cccc4c3C2)C(C)CC)o1. The molecule has 0 radical (unpaired) electrons. The molecule has 3 amide bonds. The van der Waals surface area contributed by atoms with Crippen LogP contribution in [0.4, 0.5) is 19.2 Å². The van der Waals surface area contributed by atoms with E-state index in [4.69, 9.17) is 4.42 Å². The van der Waals surface area contributed by atoms with E-state index < -0.39 is 58.5 Å². The van der Waals surface area contributed by atoms with Crippen molar-refractivity contribution in [2.24, 2.45) is 23.2 Å². The van der Waals surface area contributed by atoms with E-state index >= 15 is 4.79 Å². The maximum atomic E-state index is 15.0. The fourth-order valence-electron chi connectivity index (χ4n) is 7.28. The van der Waals surface area contributed by atoms with Gasteiger partial charge in [-0.2, -0.15) is 0 Å². The van der Waals surface area contributed by atoms with E-state index in [-0.39, 0.29) is 72.0 Å². The molecule has 4 aromatic rings. The first-order chi connectivity index (χ1) is 26.9. The average molecular weight is 792 g/mol. The second-order valence-electron chi connectivity index (χ2n) is 15.5. The fraction of sp³-hybridized carbons (Fsp3) is 0.500. The average Bonchev–Trinajstić information content (AvgIpc) is 3.81. The molecule has 0 bridgehead atoms. The molecule has 2 aromatic carbocycles. The van der Waals surface area contributed by atoms with Gasteiger partial charge in [-0.05, 0) is 54.7 Å². The normalized spacial score (nSPS) is 18.1. The Morgan fingerprint density at radius 3 is 2.32 bits per heavy atom. The molecule has 5 rings (SSSR count). The number of anilines is 1. The van der Waals surface area contributed by atoms with Crippen LogP contribution >= 0.6 is 0 Å². The number of Topliss-reactive ketones (excluding diaryl/α,β-unsaturated/α-hetero) is 1. The van der Waals surface area contributed by atoms with Gasteiger partial charge in [0.1, 0.15) is 11.9 Å². The molecular formula is C42H52F3N7O5. The fourth-order valence-corrected chi connectivity index (χ4v) is 7.28.